The Morgan fingerprint density at radius 3 is 3.11 bits per heavy atom. The van der Waals surface area contributed by atoms with E-state index in [1.165, 1.54) is 0 Å². The second-order valence-electron chi connectivity index (χ2n) is 4.97. The van der Waals surface area contributed by atoms with Gasteiger partial charge < -0.3 is 21.1 Å². The quantitative estimate of drug-likeness (QED) is 0.673. The summed E-state index contributed by atoms with van der Waals surface area (Å²) < 4.78 is 0. The van der Waals surface area contributed by atoms with Gasteiger partial charge in [-0.25, -0.2) is 0 Å². The molecule has 2 aliphatic rings. The first-order valence-corrected chi connectivity index (χ1v) is 6.29. The molecule has 1 saturated heterocycles. The number of nitrogens with two attached hydrogens (primary N) is 1. The van der Waals surface area contributed by atoms with Crippen molar-refractivity contribution in [3.05, 3.63) is 17.7 Å². The van der Waals surface area contributed by atoms with Gasteiger partial charge in [0.25, 0.3) is 0 Å². The van der Waals surface area contributed by atoms with E-state index in [1.807, 2.05) is 12.1 Å². The normalized spacial score (nSPS) is 22.2. The number of nitrogen functional groups attached to an aromatic ring is 1. The monoisotopic (exact) mass is 247 g/mol. The van der Waals surface area contributed by atoms with Crippen LogP contribution < -0.4 is 16.0 Å². The summed E-state index contributed by atoms with van der Waals surface area (Å²) in [5, 5.41) is 12.2. The van der Waals surface area contributed by atoms with Crippen LogP contribution in [0.2, 0.25) is 0 Å². The van der Waals surface area contributed by atoms with E-state index < -0.39 is 0 Å². The summed E-state index contributed by atoms with van der Waals surface area (Å²) in [6, 6.07) is 3.95. The van der Waals surface area contributed by atoms with Gasteiger partial charge in [-0.15, -0.1) is 0 Å². The fourth-order valence-electron chi connectivity index (χ4n) is 2.87. The molecule has 5 heteroatoms. The van der Waals surface area contributed by atoms with Crippen molar-refractivity contribution < 1.29 is 9.90 Å². The van der Waals surface area contributed by atoms with Crippen LogP contribution in [-0.4, -0.2) is 30.2 Å². The van der Waals surface area contributed by atoms with Crippen molar-refractivity contribution >= 4 is 23.0 Å². The number of benzene rings is 1. The van der Waals surface area contributed by atoms with Gasteiger partial charge in [-0.05, 0) is 30.5 Å². The van der Waals surface area contributed by atoms with Crippen molar-refractivity contribution in [3.63, 3.8) is 0 Å². The predicted molar refractivity (Wildman–Crippen MR) is 70.6 cm³/mol. The first-order valence-electron chi connectivity index (χ1n) is 6.29. The molecule has 1 aromatic rings. The molecule has 2 heterocycles. The van der Waals surface area contributed by atoms with Gasteiger partial charge in [0.15, 0.2) is 0 Å². The Hall–Kier alpha value is -1.75. The molecule has 2 aliphatic heterocycles. The summed E-state index contributed by atoms with van der Waals surface area (Å²) in [7, 11) is 0. The summed E-state index contributed by atoms with van der Waals surface area (Å²) in [4.78, 5) is 13.5. The van der Waals surface area contributed by atoms with Gasteiger partial charge in [-0.1, -0.05) is 0 Å². The average Bonchev–Trinajstić information content (AvgIpc) is 2.92. The van der Waals surface area contributed by atoms with E-state index in [-0.39, 0.29) is 18.6 Å². The number of aliphatic hydroxyl groups excluding tert-OH is 1. The minimum atomic E-state index is 0.0154. The summed E-state index contributed by atoms with van der Waals surface area (Å²) in [6.45, 7) is 1.05. The molecule has 1 unspecified atom stereocenters. The first kappa shape index (κ1) is 11.3. The molecule has 0 spiro atoms. The molecule has 18 heavy (non-hydrogen) atoms. The van der Waals surface area contributed by atoms with E-state index in [0.29, 0.717) is 12.1 Å². The first-order chi connectivity index (χ1) is 8.69. The average molecular weight is 247 g/mol. The number of hydrogen-bond donors (Lipinski definition) is 3. The molecule has 0 bridgehead atoms. The van der Waals surface area contributed by atoms with Crippen LogP contribution in [0.25, 0.3) is 0 Å². The van der Waals surface area contributed by atoms with Crippen LogP contribution in [0, 0.1) is 0 Å². The highest BCUT2D eigenvalue weighted by molar-refractivity contribution is 6.01. The van der Waals surface area contributed by atoms with Crippen LogP contribution in [0.4, 0.5) is 17.1 Å². The molecule has 3 rings (SSSR count). The maximum atomic E-state index is 11.4. The van der Waals surface area contributed by atoms with Crippen molar-refractivity contribution in [1.29, 1.82) is 0 Å². The van der Waals surface area contributed by atoms with E-state index in [2.05, 4.69) is 10.2 Å². The topological polar surface area (TPSA) is 78.6 Å². The van der Waals surface area contributed by atoms with Crippen molar-refractivity contribution in [1.82, 2.24) is 0 Å². The van der Waals surface area contributed by atoms with Gasteiger partial charge in [0.1, 0.15) is 0 Å². The van der Waals surface area contributed by atoms with Crippen LogP contribution in [0.1, 0.15) is 18.4 Å². The highest BCUT2D eigenvalue weighted by Crippen LogP contribution is 2.36. The van der Waals surface area contributed by atoms with E-state index in [0.717, 1.165) is 36.3 Å². The lowest BCUT2D eigenvalue weighted by Gasteiger charge is -2.27. The number of fused-ring (bicyclic) bond motifs is 1. The van der Waals surface area contributed by atoms with Crippen LogP contribution >= 0.6 is 0 Å². The van der Waals surface area contributed by atoms with Crippen molar-refractivity contribution in [2.24, 2.45) is 0 Å². The largest absolute Gasteiger partial charge is 0.397 e. The van der Waals surface area contributed by atoms with E-state index in [1.54, 1.807) is 0 Å². The van der Waals surface area contributed by atoms with Crippen molar-refractivity contribution in [3.8, 4) is 0 Å². The number of carbonyl (C=O) groups is 1. The van der Waals surface area contributed by atoms with Gasteiger partial charge in [0, 0.05) is 12.2 Å². The second-order valence-corrected chi connectivity index (χ2v) is 4.97. The van der Waals surface area contributed by atoms with E-state index in [4.69, 9.17) is 5.73 Å². The molecule has 1 atom stereocenters. The van der Waals surface area contributed by atoms with Gasteiger partial charge >= 0.3 is 0 Å². The van der Waals surface area contributed by atoms with E-state index >= 15 is 0 Å². The molecule has 0 aliphatic carbocycles. The van der Waals surface area contributed by atoms with Gasteiger partial charge in [0.05, 0.1) is 30.4 Å². The standard InChI is InChI=1S/C13H17N3O2/c14-10-4-8-5-13(18)15-11(8)6-12(10)16-3-1-2-9(16)7-17/h4,6,9,17H,1-3,5,7,14H2,(H,15,18). The number of anilines is 3. The Morgan fingerprint density at radius 1 is 1.50 bits per heavy atom. The predicted octanol–water partition coefficient (Wildman–Crippen LogP) is 0.724. The molecule has 1 aromatic carbocycles. The molecular weight excluding hydrogens is 230 g/mol. The van der Waals surface area contributed by atoms with Crippen LogP contribution in [0.5, 0.6) is 0 Å². The van der Waals surface area contributed by atoms with Gasteiger partial charge in [-0.3, -0.25) is 4.79 Å². The summed E-state index contributed by atoms with van der Waals surface area (Å²) in [5.41, 5.74) is 9.50. The second kappa shape index (κ2) is 4.17. The maximum Gasteiger partial charge on any atom is 0.228 e. The number of nitrogens with zero attached hydrogens (tertiary/aromatic N) is 1. The lowest BCUT2D eigenvalue weighted by molar-refractivity contribution is -0.115. The van der Waals surface area contributed by atoms with Gasteiger partial charge in [0.2, 0.25) is 5.91 Å². The SMILES string of the molecule is Nc1cc2c(cc1N1CCCC1CO)NC(=O)C2. The Morgan fingerprint density at radius 2 is 2.33 bits per heavy atom. The molecule has 5 nitrogen and oxygen atoms in total. The van der Waals surface area contributed by atoms with Crippen LogP contribution in [0.15, 0.2) is 12.1 Å². The molecule has 96 valence electrons. The lowest BCUT2D eigenvalue weighted by atomic mass is 10.1. The summed E-state index contributed by atoms with van der Waals surface area (Å²) in [6.07, 6.45) is 2.46. The number of carbonyl (C=O) groups excluding carboxylic acids is 1. The molecule has 0 saturated carbocycles. The lowest BCUT2D eigenvalue weighted by Crippen LogP contribution is -2.32. The number of rotatable bonds is 2. The van der Waals surface area contributed by atoms with Crippen LogP contribution in [-0.2, 0) is 11.2 Å². The third kappa shape index (κ3) is 1.71. The van der Waals surface area contributed by atoms with E-state index in [9.17, 15) is 9.90 Å². The Balaban J connectivity index is 1.98. The van der Waals surface area contributed by atoms with Gasteiger partial charge in [-0.2, -0.15) is 0 Å². The van der Waals surface area contributed by atoms with Crippen LogP contribution in [0.3, 0.4) is 0 Å². The summed E-state index contributed by atoms with van der Waals surface area (Å²) in [5.74, 6) is 0.0154. The molecule has 4 N–H and O–H groups in total. The highest BCUT2D eigenvalue weighted by atomic mass is 16.3. The maximum absolute atomic E-state index is 11.4. The molecule has 1 amide bonds. The number of aliphatic hydroxyl groups is 1. The molecule has 1 fully saturated rings. The number of nitrogens with one attached hydrogen (secondary N) is 1. The zero-order valence-electron chi connectivity index (χ0n) is 10.1. The Bertz CT molecular complexity index is 501. The zero-order valence-corrected chi connectivity index (χ0v) is 10.1. The third-order valence-electron chi connectivity index (χ3n) is 3.77. The fourth-order valence-corrected chi connectivity index (χ4v) is 2.87. The summed E-state index contributed by atoms with van der Waals surface area (Å²) >= 11 is 0. The molecule has 0 aromatic heterocycles. The Labute approximate surface area is 106 Å². The molecular formula is C13H17N3O2. The fraction of sp³-hybridized carbons (Fsp3) is 0.462. The highest BCUT2D eigenvalue weighted by Gasteiger charge is 2.27. The smallest absolute Gasteiger partial charge is 0.228 e. The van der Waals surface area contributed by atoms with Crippen molar-refractivity contribution in [2.45, 2.75) is 25.3 Å². The van der Waals surface area contributed by atoms with Crippen molar-refractivity contribution in [2.75, 3.05) is 29.1 Å². The third-order valence-corrected chi connectivity index (χ3v) is 3.77. The minimum absolute atomic E-state index is 0.0154. The molecule has 0 radical (unpaired) electrons. The number of hydrogen-bond acceptors (Lipinski definition) is 4. The number of amides is 1. The zero-order chi connectivity index (χ0) is 12.7. The Kier molecular flexibility index (Phi) is 2.63. The minimum Gasteiger partial charge on any atom is -0.397 e.